The standard InChI is InChI=1S/C25H26N4O6/c1-4-16-5-7-18(8-6-16)28-23(31)25(22(30)26-24(28)32)12-17-11-19(29(33)34)9-10-20(17)27-13-14(2)35-15(3)21(25)27/h5-11,14-15,21H,4,12-13H2,1-3H3,(H,26,30,32)/t14-,15-,21-,25+/m1/s1. The second-order valence-electron chi connectivity index (χ2n) is 9.39. The average Bonchev–Trinajstić information content (AvgIpc) is 2.82. The summed E-state index contributed by atoms with van der Waals surface area (Å²) in [6.45, 7) is 6.09. The number of aryl methyl sites for hydroxylation is 1. The summed E-state index contributed by atoms with van der Waals surface area (Å²) in [6, 6.07) is 10.0. The summed E-state index contributed by atoms with van der Waals surface area (Å²) in [6.07, 6.45) is -0.00753. The molecule has 35 heavy (non-hydrogen) atoms. The van der Waals surface area contributed by atoms with Gasteiger partial charge in [-0.1, -0.05) is 19.1 Å². The minimum Gasteiger partial charge on any atom is -0.372 e. The van der Waals surface area contributed by atoms with Crippen molar-refractivity contribution in [3.05, 3.63) is 63.7 Å². The molecule has 1 N–H and O–H groups in total. The third kappa shape index (κ3) is 3.39. The molecule has 2 aromatic rings. The first-order chi connectivity index (χ1) is 16.7. The Morgan fingerprint density at radius 1 is 1.14 bits per heavy atom. The number of imide groups is 2. The van der Waals surface area contributed by atoms with Gasteiger partial charge in [-0.05, 0) is 49.6 Å². The number of fused-ring (bicyclic) bond motifs is 4. The van der Waals surface area contributed by atoms with Crippen molar-refractivity contribution < 1.29 is 24.0 Å². The molecule has 0 unspecified atom stereocenters. The van der Waals surface area contributed by atoms with Gasteiger partial charge in [0.1, 0.15) is 0 Å². The fourth-order valence-electron chi connectivity index (χ4n) is 5.74. The van der Waals surface area contributed by atoms with Crippen LogP contribution in [-0.2, 0) is 27.2 Å². The monoisotopic (exact) mass is 478 g/mol. The highest BCUT2D eigenvalue weighted by Crippen LogP contribution is 2.48. The predicted molar refractivity (Wildman–Crippen MR) is 127 cm³/mol. The maximum absolute atomic E-state index is 14.2. The van der Waals surface area contributed by atoms with Crippen LogP contribution >= 0.6 is 0 Å². The number of benzene rings is 2. The molecule has 0 radical (unpaired) electrons. The van der Waals surface area contributed by atoms with E-state index in [0.29, 0.717) is 17.8 Å². The molecule has 10 nitrogen and oxygen atoms in total. The van der Waals surface area contributed by atoms with Crippen molar-refractivity contribution in [2.75, 3.05) is 16.3 Å². The number of nitro benzene ring substituents is 1. The number of carbonyl (C=O) groups is 3. The summed E-state index contributed by atoms with van der Waals surface area (Å²) >= 11 is 0. The van der Waals surface area contributed by atoms with E-state index < -0.39 is 40.3 Å². The number of morpholine rings is 1. The van der Waals surface area contributed by atoms with Gasteiger partial charge < -0.3 is 9.64 Å². The van der Waals surface area contributed by atoms with Crippen molar-refractivity contribution in [1.29, 1.82) is 0 Å². The number of non-ortho nitro benzene ring substituents is 1. The number of urea groups is 1. The number of ether oxygens (including phenoxy) is 1. The number of nitrogens with zero attached hydrogens (tertiary/aromatic N) is 3. The van der Waals surface area contributed by atoms with Crippen LogP contribution in [0, 0.1) is 15.5 Å². The molecule has 0 saturated carbocycles. The molecule has 3 heterocycles. The van der Waals surface area contributed by atoms with Crippen molar-refractivity contribution >= 4 is 34.9 Å². The lowest BCUT2D eigenvalue weighted by Gasteiger charge is -2.56. The molecule has 0 bridgehead atoms. The van der Waals surface area contributed by atoms with Gasteiger partial charge in [0.15, 0.2) is 5.41 Å². The van der Waals surface area contributed by atoms with Gasteiger partial charge in [0.05, 0.1) is 28.9 Å². The number of barbiturate groups is 1. The Morgan fingerprint density at radius 3 is 2.51 bits per heavy atom. The Morgan fingerprint density at radius 2 is 1.86 bits per heavy atom. The summed E-state index contributed by atoms with van der Waals surface area (Å²) in [4.78, 5) is 54.6. The normalized spacial score (nSPS) is 28.0. The third-order valence-electron chi connectivity index (χ3n) is 7.25. The van der Waals surface area contributed by atoms with Gasteiger partial charge in [0, 0.05) is 30.8 Å². The summed E-state index contributed by atoms with van der Waals surface area (Å²) in [7, 11) is 0. The van der Waals surface area contributed by atoms with E-state index in [4.69, 9.17) is 4.74 Å². The topological polar surface area (TPSA) is 122 Å². The molecular weight excluding hydrogens is 452 g/mol. The molecule has 5 rings (SSSR count). The van der Waals surface area contributed by atoms with Crippen LogP contribution in [0.4, 0.5) is 21.9 Å². The van der Waals surface area contributed by atoms with Gasteiger partial charge in [0.2, 0.25) is 5.91 Å². The molecule has 0 aliphatic carbocycles. The molecule has 3 aliphatic rings. The molecule has 4 atom stereocenters. The van der Waals surface area contributed by atoms with Crippen LogP contribution in [0.15, 0.2) is 42.5 Å². The minimum atomic E-state index is -1.71. The van der Waals surface area contributed by atoms with Crippen LogP contribution in [0.1, 0.15) is 31.9 Å². The number of rotatable bonds is 3. The van der Waals surface area contributed by atoms with Crippen LogP contribution in [-0.4, -0.2) is 47.6 Å². The Kier molecular flexibility index (Phi) is 5.36. The number of nitro groups is 1. The fourth-order valence-corrected chi connectivity index (χ4v) is 5.74. The van der Waals surface area contributed by atoms with Crippen LogP contribution in [0.2, 0.25) is 0 Å². The van der Waals surface area contributed by atoms with E-state index >= 15 is 0 Å². The van der Waals surface area contributed by atoms with E-state index in [2.05, 4.69) is 5.32 Å². The molecule has 1 spiro atoms. The molecule has 182 valence electrons. The van der Waals surface area contributed by atoms with Gasteiger partial charge >= 0.3 is 6.03 Å². The largest absolute Gasteiger partial charge is 0.372 e. The van der Waals surface area contributed by atoms with E-state index in [0.717, 1.165) is 22.6 Å². The van der Waals surface area contributed by atoms with E-state index in [-0.39, 0.29) is 18.2 Å². The lowest BCUT2D eigenvalue weighted by atomic mass is 9.66. The van der Waals surface area contributed by atoms with Gasteiger partial charge in [-0.2, -0.15) is 0 Å². The number of nitrogens with one attached hydrogen (secondary N) is 1. The molecular formula is C25H26N4O6. The van der Waals surface area contributed by atoms with Crippen molar-refractivity contribution in [3.8, 4) is 0 Å². The predicted octanol–water partition coefficient (Wildman–Crippen LogP) is 2.96. The van der Waals surface area contributed by atoms with E-state index in [9.17, 15) is 24.5 Å². The van der Waals surface area contributed by atoms with Gasteiger partial charge in [-0.25, -0.2) is 9.69 Å². The number of amides is 4. The summed E-state index contributed by atoms with van der Waals surface area (Å²) < 4.78 is 6.07. The quantitative estimate of drug-likeness (QED) is 0.409. The summed E-state index contributed by atoms with van der Waals surface area (Å²) in [5.41, 5.74) is 0.793. The second-order valence-corrected chi connectivity index (χ2v) is 9.39. The lowest BCUT2D eigenvalue weighted by molar-refractivity contribution is -0.384. The van der Waals surface area contributed by atoms with Gasteiger partial charge in [-0.3, -0.25) is 25.0 Å². The second kappa shape index (κ2) is 8.16. The van der Waals surface area contributed by atoms with Crippen molar-refractivity contribution in [1.82, 2.24) is 5.32 Å². The third-order valence-corrected chi connectivity index (χ3v) is 7.25. The highest BCUT2D eigenvalue weighted by molar-refractivity contribution is 6.30. The Hall–Kier alpha value is -3.79. The Bertz CT molecular complexity index is 1250. The zero-order valence-corrected chi connectivity index (χ0v) is 19.7. The average molecular weight is 479 g/mol. The fraction of sp³-hybridized carbons (Fsp3) is 0.400. The Labute approximate surface area is 202 Å². The molecule has 3 aliphatic heterocycles. The highest BCUT2D eigenvalue weighted by Gasteiger charge is 2.65. The maximum Gasteiger partial charge on any atom is 0.335 e. The van der Waals surface area contributed by atoms with Crippen LogP contribution < -0.4 is 15.1 Å². The van der Waals surface area contributed by atoms with Gasteiger partial charge in [-0.15, -0.1) is 0 Å². The van der Waals surface area contributed by atoms with Crippen LogP contribution in [0.25, 0.3) is 0 Å². The smallest absolute Gasteiger partial charge is 0.335 e. The van der Waals surface area contributed by atoms with Crippen molar-refractivity contribution in [3.63, 3.8) is 0 Å². The molecule has 2 saturated heterocycles. The van der Waals surface area contributed by atoms with Crippen LogP contribution in [0.3, 0.4) is 0 Å². The first-order valence-corrected chi connectivity index (χ1v) is 11.7. The molecule has 10 heteroatoms. The van der Waals surface area contributed by atoms with E-state index in [1.807, 2.05) is 37.8 Å². The Balaban J connectivity index is 1.68. The lowest BCUT2D eigenvalue weighted by Crippen LogP contribution is -2.76. The van der Waals surface area contributed by atoms with Crippen LogP contribution in [0.5, 0.6) is 0 Å². The number of carbonyl (C=O) groups excluding carboxylic acids is 3. The highest BCUT2D eigenvalue weighted by atomic mass is 16.6. The van der Waals surface area contributed by atoms with E-state index in [1.54, 1.807) is 18.2 Å². The molecule has 4 amide bonds. The first kappa shape index (κ1) is 23.0. The zero-order valence-electron chi connectivity index (χ0n) is 19.7. The zero-order chi connectivity index (χ0) is 25.1. The van der Waals surface area contributed by atoms with Crippen molar-refractivity contribution in [2.45, 2.75) is 51.9 Å². The van der Waals surface area contributed by atoms with E-state index in [1.165, 1.54) is 12.1 Å². The molecule has 2 fully saturated rings. The summed E-state index contributed by atoms with van der Waals surface area (Å²) in [5, 5.41) is 13.9. The first-order valence-electron chi connectivity index (χ1n) is 11.7. The molecule has 2 aromatic carbocycles. The minimum absolute atomic E-state index is 0.0885. The SMILES string of the molecule is CCc1ccc(N2C(=O)NC(=O)[C@@]3(Cc4cc([N+](=O)[O-])ccc4N4C[C@@H](C)O[C@H](C)[C@@H]43)C2=O)cc1. The summed E-state index contributed by atoms with van der Waals surface area (Å²) in [5.74, 6) is -1.38. The van der Waals surface area contributed by atoms with Crippen molar-refractivity contribution in [2.24, 2.45) is 5.41 Å². The maximum atomic E-state index is 14.2. The number of anilines is 2. The van der Waals surface area contributed by atoms with Gasteiger partial charge in [0.25, 0.3) is 11.6 Å². The number of hydrogen-bond acceptors (Lipinski definition) is 7. The number of hydrogen-bond donors (Lipinski definition) is 1. The molecule has 0 aromatic heterocycles.